The number of halogens is 5. The number of alkyl halides is 3. The summed E-state index contributed by atoms with van der Waals surface area (Å²) in [5, 5.41) is 12.3. The average molecular weight is 688 g/mol. The summed E-state index contributed by atoms with van der Waals surface area (Å²) in [5.74, 6) is 0.161. The van der Waals surface area contributed by atoms with Gasteiger partial charge in [-0.3, -0.25) is 14.4 Å². The van der Waals surface area contributed by atoms with Gasteiger partial charge < -0.3 is 19.9 Å². The predicted octanol–water partition coefficient (Wildman–Crippen LogP) is 7.13. The molecule has 0 fully saturated rings. The van der Waals surface area contributed by atoms with Crippen molar-refractivity contribution in [1.29, 1.82) is 0 Å². The largest absolute Gasteiger partial charge is 0.481 e. The summed E-state index contributed by atoms with van der Waals surface area (Å²) >= 11 is 0. The number of benzene rings is 2. The van der Waals surface area contributed by atoms with Gasteiger partial charge in [-0.05, 0) is 88.9 Å². The first-order valence-corrected chi connectivity index (χ1v) is 15.8. The lowest BCUT2D eigenvalue weighted by Gasteiger charge is -2.27. The molecule has 0 radical (unpaired) electrons. The predicted molar refractivity (Wildman–Crippen MR) is 178 cm³/mol. The summed E-state index contributed by atoms with van der Waals surface area (Å²) in [5.41, 5.74) is -0.760. The number of nitrogens with zero attached hydrogens (tertiary/aromatic N) is 2. The highest BCUT2D eigenvalue weighted by Gasteiger charge is 2.36. The number of rotatable bonds is 12. The van der Waals surface area contributed by atoms with Crippen molar-refractivity contribution >= 4 is 11.9 Å². The molecule has 2 aromatic carbocycles. The second-order valence-corrected chi connectivity index (χ2v) is 13.0. The highest BCUT2D eigenvalue weighted by molar-refractivity contribution is 5.82. The first-order chi connectivity index (χ1) is 22.8. The Morgan fingerprint density at radius 2 is 1.63 bits per heavy atom. The molecule has 0 saturated carbocycles. The maximum atomic E-state index is 16.6. The Kier molecular flexibility index (Phi) is 12.6. The molecule has 3 rings (SSSR count). The fraction of sp³-hybridized carbons (Fsp3) is 0.432. The van der Waals surface area contributed by atoms with E-state index in [2.05, 4.69) is 17.2 Å². The molecule has 2 atom stereocenters. The molecule has 1 amide bonds. The van der Waals surface area contributed by atoms with Gasteiger partial charge in [0.2, 0.25) is 5.91 Å². The van der Waals surface area contributed by atoms with Gasteiger partial charge in [0.15, 0.2) is 0 Å². The maximum Gasteiger partial charge on any atom is 0.416 e. The zero-order valence-corrected chi connectivity index (χ0v) is 28.9. The van der Waals surface area contributed by atoms with Gasteiger partial charge in [-0.1, -0.05) is 37.5 Å². The molecule has 0 bridgehead atoms. The van der Waals surface area contributed by atoms with Crippen LogP contribution in [0.3, 0.4) is 0 Å². The minimum absolute atomic E-state index is 0.0444. The summed E-state index contributed by atoms with van der Waals surface area (Å²) in [6.07, 6.45) is -4.94. The molecule has 0 saturated heterocycles. The van der Waals surface area contributed by atoms with Crippen molar-refractivity contribution in [1.82, 2.24) is 14.8 Å². The van der Waals surface area contributed by atoms with E-state index in [0.29, 0.717) is 22.8 Å². The summed E-state index contributed by atoms with van der Waals surface area (Å²) in [7, 11) is 3.35. The molecule has 49 heavy (non-hydrogen) atoms. The van der Waals surface area contributed by atoms with E-state index in [0.717, 1.165) is 16.3 Å². The number of carbonyl (C=O) groups is 2. The highest BCUT2D eigenvalue weighted by atomic mass is 19.4. The summed E-state index contributed by atoms with van der Waals surface area (Å²) in [6, 6.07) is 2.10. The molecule has 12 heteroatoms. The van der Waals surface area contributed by atoms with Gasteiger partial charge in [-0.25, -0.2) is 8.78 Å². The number of likely N-dealkylation sites (N-methyl/N-ethyl adjacent to an activating group) is 1. The molecule has 3 aromatic rings. The second-order valence-electron chi connectivity index (χ2n) is 13.0. The van der Waals surface area contributed by atoms with Crippen molar-refractivity contribution in [2.45, 2.75) is 79.1 Å². The van der Waals surface area contributed by atoms with Gasteiger partial charge >= 0.3 is 12.1 Å². The lowest BCUT2D eigenvalue weighted by Crippen LogP contribution is -2.41. The number of carbonyl (C=O) groups excluding carboxylic acids is 1. The average Bonchev–Trinajstić information content (AvgIpc) is 2.96. The van der Waals surface area contributed by atoms with Crippen LogP contribution in [0, 0.1) is 50.2 Å². The number of carboxylic acids is 1. The van der Waals surface area contributed by atoms with Gasteiger partial charge in [0, 0.05) is 29.9 Å². The van der Waals surface area contributed by atoms with E-state index >= 15 is 8.78 Å². The summed E-state index contributed by atoms with van der Waals surface area (Å²) in [4.78, 5) is 41.0. The van der Waals surface area contributed by atoms with Gasteiger partial charge in [0.1, 0.15) is 17.7 Å². The molecule has 0 aliphatic carbocycles. The Hall–Kier alpha value is -4.50. The minimum Gasteiger partial charge on any atom is -0.481 e. The first kappa shape index (κ1) is 38.9. The van der Waals surface area contributed by atoms with Gasteiger partial charge in [0.05, 0.1) is 23.6 Å². The van der Waals surface area contributed by atoms with E-state index in [1.807, 2.05) is 19.1 Å². The quantitative estimate of drug-likeness (QED) is 0.156. The van der Waals surface area contributed by atoms with Crippen molar-refractivity contribution in [3.05, 3.63) is 91.4 Å². The molecule has 0 unspecified atom stereocenters. The Morgan fingerprint density at radius 3 is 2.14 bits per heavy atom. The van der Waals surface area contributed by atoms with Crippen molar-refractivity contribution in [2.75, 3.05) is 20.6 Å². The second kappa shape index (κ2) is 15.8. The smallest absolute Gasteiger partial charge is 0.416 e. The number of carboxylic acid groups (broad SMARTS) is 1. The number of hydrogen-bond donors (Lipinski definition) is 2. The zero-order chi connectivity index (χ0) is 37.0. The molecule has 1 heterocycles. The van der Waals surface area contributed by atoms with E-state index in [4.69, 9.17) is 0 Å². The molecule has 1 aromatic heterocycles. The van der Waals surface area contributed by atoms with Crippen LogP contribution >= 0.6 is 0 Å². The lowest BCUT2D eigenvalue weighted by molar-refractivity contribution is -0.139. The summed E-state index contributed by atoms with van der Waals surface area (Å²) in [6.45, 7) is 10.5. The van der Waals surface area contributed by atoms with Crippen LogP contribution in [-0.4, -0.2) is 47.1 Å². The number of aromatic nitrogens is 1. The van der Waals surface area contributed by atoms with E-state index in [-0.39, 0.29) is 42.0 Å². The first-order valence-electron chi connectivity index (χ1n) is 15.8. The normalized spacial score (nSPS) is 12.9. The SMILES string of the molecule is CC#Cc1cc(-c2c(C)cc(C)cc2C)c(F)c([C@H](CC(=O)O)NC(=O)[C@@H](CC(C)C)n2cc(CCN(C)C)c(C(F)(F)F)cc2=O)c1F. The Labute approximate surface area is 283 Å². The van der Waals surface area contributed by atoms with Crippen LogP contribution in [0.1, 0.15) is 84.6 Å². The Balaban J connectivity index is 2.26. The molecule has 0 aliphatic heterocycles. The van der Waals surface area contributed by atoms with Crippen LogP contribution in [-0.2, 0) is 22.2 Å². The lowest BCUT2D eigenvalue weighted by atomic mass is 9.88. The van der Waals surface area contributed by atoms with Crippen LogP contribution in [0.4, 0.5) is 22.0 Å². The number of nitrogens with one attached hydrogen (secondary N) is 1. The van der Waals surface area contributed by atoms with Gasteiger partial charge in [-0.2, -0.15) is 13.2 Å². The van der Waals surface area contributed by atoms with Crippen LogP contribution in [0.2, 0.25) is 0 Å². The number of amides is 1. The molecule has 0 aliphatic rings. The topological polar surface area (TPSA) is 91.6 Å². The van der Waals surface area contributed by atoms with Crippen molar-refractivity contribution in [2.24, 2.45) is 5.92 Å². The Morgan fingerprint density at radius 1 is 1.02 bits per heavy atom. The molecule has 7 nitrogen and oxygen atoms in total. The van der Waals surface area contributed by atoms with Crippen molar-refractivity contribution in [3.63, 3.8) is 0 Å². The van der Waals surface area contributed by atoms with E-state index in [1.54, 1.807) is 46.7 Å². The van der Waals surface area contributed by atoms with E-state index in [1.165, 1.54) is 13.0 Å². The fourth-order valence-electron chi connectivity index (χ4n) is 6.08. The van der Waals surface area contributed by atoms with Crippen molar-refractivity contribution in [3.8, 4) is 23.0 Å². The van der Waals surface area contributed by atoms with Gasteiger partial charge in [0.25, 0.3) is 5.56 Å². The van der Waals surface area contributed by atoms with Crippen LogP contribution < -0.4 is 10.9 Å². The summed E-state index contributed by atoms with van der Waals surface area (Å²) < 4.78 is 75.5. The van der Waals surface area contributed by atoms with Gasteiger partial charge in [-0.15, -0.1) is 5.92 Å². The molecular formula is C37H42F5N3O4. The fourth-order valence-corrected chi connectivity index (χ4v) is 6.08. The molecule has 2 N–H and O–H groups in total. The number of pyridine rings is 1. The molecular weight excluding hydrogens is 645 g/mol. The minimum atomic E-state index is -4.84. The van der Waals surface area contributed by atoms with E-state index in [9.17, 15) is 32.7 Å². The third-order valence-corrected chi connectivity index (χ3v) is 8.11. The Bertz CT molecular complexity index is 1830. The van der Waals surface area contributed by atoms with Crippen LogP contribution in [0.25, 0.3) is 11.1 Å². The zero-order valence-electron chi connectivity index (χ0n) is 28.9. The highest BCUT2D eigenvalue weighted by Crippen LogP contribution is 2.38. The number of aliphatic carboxylic acids is 1. The van der Waals surface area contributed by atoms with Crippen LogP contribution in [0.5, 0.6) is 0 Å². The van der Waals surface area contributed by atoms with E-state index < -0.39 is 64.9 Å². The third-order valence-electron chi connectivity index (χ3n) is 8.11. The number of hydrogen-bond acceptors (Lipinski definition) is 4. The maximum absolute atomic E-state index is 16.6. The molecule has 0 spiro atoms. The monoisotopic (exact) mass is 687 g/mol. The standard InChI is InChI=1S/C37H42F5N3O4/c1-9-10-24-16-26(32-22(5)14-21(4)15-23(32)6)35(39)33(34(24)38)28(18-31(47)48)43-36(49)29(13-20(2)3)45-19-25(11-12-44(7)8)27(17-30(45)46)37(40,41)42/h14-17,19-20,28-29H,11-13,18H2,1-8H3,(H,43,49)(H,47,48)/t28-,29+/m0/s1. The third kappa shape index (κ3) is 9.35. The van der Waals surface area contributed by atoms with Crippen LogP contribution in [0.15, 0.2) is 35.3 Å². The number of aryl methyl sites for hydroxylation is 3. The van der Waals surface area contributed by atoms with Crippen molar-refractivity contribution < 1.29 is 36.6 Å². The molecule has 264 valence electrons.